The van der Waals surface area contributed by atoms with Crippen molar-refractivity contribution in [1.82, 2.24) is 24.1 Å². The Morgan fingerprint density at radius 2 is 0.839 bits per heavy atom. The second-order valence-corrected chi connectivity index (χ2v) is 11.6. The molecule has 11 aromatic rings. The topological polar surface area (TPSA) is 48.5 Å². The molecule has 0 bridgehead atoms. The lowest BCUT2D eigenvalue weighted by Gasteiger charge is -2.12. The van der Waals surface area contributed by atoms with E-state index in [0.29, 0.717) is 4.57 Å². The summed E-state index contributed by atoms with van der Waals surface area (Å²) in [6, 6.07) is -33.0. The number of nitrogens with zero attached hydrogens (tertiary/aromatic N) is 5. The standard InChI is InChI=1S/C51H33N5/c1-4-15-34(16-5-1)36-27-29-38(30-28-36)50-52-49(37-19-8-3-9-20-37)53-51(54-50)56-44-25-12-10-23-41(44)42-31-32-46-47(48(42)56)43-24-11-13-26-45(43)55(46)40-22-14-21-39(33-40)35-17-6-2-7-18-35/h1-33H/i1D,2D,3D,4D,5D,6D,7D,8D,9D,10D,11D,12D,13D,14D,15D,16D,17D,18D,19D,20D,21D,22D,23D,24D,25D,26D,27D,28D,29D,30D,31D,32D,33D. The maximum Gasteiger partial charge on any atom is 0.238 e. The van der Waals surface area contributed by atoms with E-state index in [-0.39, 0.29) is 0 Å². The zero-order valence-electron chi connectivity index (χ0n) is 60.7. The van der Waals surface area contributed by atoms with Crippen molar-refractivity contribution in [1.29, 1.82) is 0 Å². The Morgan fingerprint density at radius 1 is 0.339 bits per heavy atom. The van der Waals surface area contributed by atoms with E-state index in [4.69, 9.17) is 28.8 Å². The van der Waals surface area contributed by atoms with Gasteiger partial charge in [-0.1, -0.05) is 169 Å². The summed E-state index contributed by atoms with van der Waals surface area (Å²) in [5, 5.41) is -2.67. The summed E-state index contributed by atoms with van der Waals surface area (Å²) in [5.74, 6) is -2.99. The molecule has 0 N–H and O–H groups in total. The summed E-state index contributed by atoms with van der Waals surface area (Å²) in [4.78, 5) is 13.4. The third-order valence-corrected chi connectivity index (χ3v) is 8.48. The summed E-state index contributed by atoms with van der Waals surface area (Å²) in [6.07, 6.45) is 0. The first-order valence-electron chi connectivity index (χ1n) is 32.7. The second kappa shape index (κ2) is 13.0. The highest BCUT2D eigenvalue weighted by Gasteiger charge is 2.23. The molecule has 0 saturated carbocycles. The SMILES string of the molecule is [2H]c1c([2H])c([2H])c(-c2nc(-c3c([2H])c([2H])c(-c4c([2H])c([2H])c([2H])c([2H])c4[2H])c([2H])c3[2H])nc(-n3c4c([2H])c([2H])c([2H])c([2H])c4c4c([2H])c([2H])c5c(c6c([2H])c([2H])c([2H])c([2H])c6n5-c5c([2H])c([2H])c([2H])c(-c6c([2H])c([2H])c([2H])c([2H])c6[2H])c5[2H])c43)n2)c([2H])c1[2H]. The number of aromatic nitrogens is 5. The lowest BCUT2D eigenvalue weighted by Crippen LogP contribution is -2.06. The molecule has 5 nitrogen and oxygen atoms in total. The molecule has 8 aromatic carbocycles. The normalized spacial score (nSPS) is 19.8. The quantitative estimate of drug-likeness (QED) is 0.170. The zero-order chi connectivity index (χ0) is 65.7. The predicted octanol–water partition coefficient (Wildman–Crippen LogP) is 12.7. The van der Waals surface area contributed by atoms with Crippen LogP contribution in [0.25, 0.3) is 100 Å². The van der Waals surface area contributed by atoms with E-state index in [9.17, 15) is 16.4 Å². The first-order chi connectivity index (χ1) is 41.5. The fourth-order valence-electron chi connectivity index (χ4n) is 6.17. The van der Waals surface area contributed by atoms with Gasteiger partial charge in [-0.3, -0.25) is 4.57 Å². The van der Waals surface area contributed by atoms with Crippen LogP contribution in [0.4, 0.5) is 0 Å². The molecule has 0 unspecified atom stereocenters. The van der Waals surface area contributed by atoms with Gasteiger partial charge in [-0.15, -0.1) is 0 Å². The Labute approximate surface area is 369 Å². The molecule has 0 atom stereocenters. The van der Waals surface area contributed by atoms with Gasteiger partial charge in [0.05, 0.1) is 67.3 Å². The van der Waals surface area contributed by atoms with Crippen molar-refractivity contribution in [2.24, 2.45) is 0 Å². The van der Waals surface area contributed by atoms with E-state index in [2.05, 4.69) is 15.0 Å². The predicted molar refractivity (Wildman–Crippen MR) is 230 cm³/mol. The molecule has 0 aliphatic carbocycles. The van der Waals surface area contributed by atoms with Crippen LogP contribution in [-0.2, 0) is 0 Å². The molecule has 5 heteroatoms. The molecule has 0 aliphatic rings. The molecule has 0 aliphatic heterocycles. The van der Waals surface area contributed by atoms with Gasteiger partial charge in [0.15, 0.2) is 11.6 Å². The Morgan fingerprint density at radius 3 is 1.52 bits per heavy atom. The highest BCUT2D eigenvalue weighted by atomic mass is 15.2. The van der Waals surface area contributed by atoms with Crippen molar-refractivity contribution >= 4 is 43.6 Å². The molecule has 11 rings (SSSR count). The molecule has 56 heavy (non-hydrogen) atoms. The van der Waals surface area contributed by atoms with Gasteiger partial charge in [0, 0.05) is 38.4 Å². The van der Waals surface area contributed by atoms with Gasteiger partial charge in [0.25, 0.3) is 0 Å². The lowest BCUT2D eigenvalue weighted by molar-refractivity contribution is 0.955. The van der Waals surface area contributed by atoms with Crippen LogP contribution in [0, 0.1) is 0 Å². The Bertz CT molecular complexity index is 5070. The zero-order valence-corrected chi connectivity index (χ0v) is 27.7. The number of benzene rings is 8. The Balaban J connectivity index is 1.42. The fraction of sp³-hybridized carbons (Fsp3) is 0. The van der Waals surface area contributed by atoms with Crippen LogP contribution in [0.2, 0.25) is 0 Å². The van der Waals surface area contributed by atoms with Gasteiger partial charge < -0.3 is 4.57 Å². The number of hydrogen-bond acceptors (Lipinski definition) is 3. The van der Waals surface area contributed by atoms with E-state index >= 15 is 0 Å². The van der Waals surface area contributed by atoms with Crippen LogP contribution < -0.4 is 0 Å². The van der Waals surface area contributed by atoms with Crippen LogP contribution in [0.1, 0.15) is 45.2 Å². The summed E-state index contributed by atoms with van der Waals surface area (Å²) in [6.45, 7) is 0. The van der Waals surface area contributed by atoms with Gasteiger partial charge in [-0.05, 0) is 52.5 Å². The van der Waals surface area contributed by atoms with Gasteiger partial charge in [0.2, 0.25) is 5.95 Å². The number of fused-ring (bicyclic) bond motifs is 7. The van der Waals surface area contributed by atoms with E-state index in [1.807, 2.05) is 0 Å². The molecule has 0 amide bonds. The maximum atomic E-state index is 9.85. The van der Waals surface area contributed by atoms with Crippen LogP contribution in [0.3, 0.4) is 0 Å². The molecule has 0 fully saturated rings. The summed E-state index contributed by atoms with van der Waals surface area (Å²) >= 11 is 0. The van der Waals surface area contributed by atoms with Crippen molar-refractivity contribution in [3.8, 4) is 56.7 Å². The van der Waals surface area contributed by atoms with Gasteiger partial charge in [-0.25, -0.2) is 4.98 Å². The number of rotatable bonds is 6. The molecule has 0 saturated heterocycles. The first-order valence-corrected chi connectivity index (χ1v) is 16.2. The molecular formula is C51H33N5. The van der Waals surface area contributed by atoms with Crippen molar-refractivity contribution in [2.45, 2.75) is 0 Å². The molecular weight excluding hydrogens is 683 g/mol. The molecule has 3 heterocycles. The average molecular weight is 749 g/mol. The molecule has 262 valence electrons. The molecule has 3 aromatic heterocycles. The summed E-state index contributed by atoms with van der Waals surface area (Å²) in [5.41, 5.74) is -9.03. The highest BCUT2D eigenvalue weighted by molar-refractivity contribution is 6.26. The molecule has 0 radical (unpaired) electrons. The van der Waals surface area contributed by atoms with Crippen molar-refractivity contribution < 1.29 is 45.2 Å². The van der Waals surface area contributed by atoms with Crippen molar-refractivity contribution in [3.05, 3.63) is 199 Å². The average Bonchev–Trinajstić information content (AvgIpc) is 1.53. The minimum absolute atomic E-state index is 0.649. The van der Waals surface area contributed by atoms with Crippen LogP contribution in [-0.4, -0.2) is 24.1 Å². The molecule has 0 spiro atoms. The van der Waals surface area contributed by atoms with E-state index in [0.717, 1.165) is 4.57 Å². The van der Waals surface area contributed by atoms with Crippen LogP contribution in [0.5, 0.6) is 0 Å². The summed E-state index contributed by atoms with van der Waals surface area (Å²) < 4.78 is 297. The minimum Gasteiger partial charge on any atom is -0.309 e. The smallest absolute Gasteiger partial charge is 0.238 e. The van der Waals surface area contributed by atoms with E-state index in [1.54, 1.807) is 0 Å². The van der Waals surface area contributed by atoms with E-state index < -0.39 is 300 Å². The monoisotopic (exact) mass is 748 g/mol. The first kappa shape index (κ1) is 13.0. The number of para-hydroxylation sites is 2. The van der Waals surface area contributed by atoms with Gasteiger partial charge in [-0.2, -0.15) is 9.97 Å². The fourth-order valence-corrected chi connectivity index (χ4v) is 6.17. The van der Waals surface area contributed by atoms with E-state index in [1.165, 1.54) is 0 Å². The third kappa shape index (κ3) is 5.21. The van der Waals surface area contributed by atoms with Crippen molar-refractivity contribution in [2.75, 3.05) is 0 Å². The Kier molecular flexibility index (Phi) is 3.03. The van der Waals surface area contributed by atoms with Crippen molar-refractivity contribution in [3.63, 3.8) is 0 Å². The number of hydrogen-bond donors (Lipinski definition) is 0. The minimum atomic E-state index is -1.11. The maximum absolute atomic E-state index is 9.85. The second-order valence-electron chi connectivity index (χ2n) is 11.6. The third-order valence-electron chi connectivity index (χ3n) is 8.48. The van der Waals surface area contributed by atoms with Gasteiger partial charge in [0.1, 0.15) is 0 Å². The largest absolute Gasteiger partial charge is 0.309 e. The Hall–Kier alpha value is -7.63. The van der Waals surface area contributed by atoms with Crippen LogP contribution >= 0.6 is 0 Å². The summed E-state index contributed by atoms with van der Waals surface area (Å²) in [7, 11) is 0. The van der Waals surface area contributed by atoms with Gasteiger partial charge >= 0.3 is 0 Å². The highest BCUT2D eigenvalue weighted by Crippen LogP contribution is 2.42. The lowest BCUT2D eigenvalue weighted by atomic mass is 10.0. The van der Waals surface area contributed by atoms with Crippen LogP contribution in [0.15, 0.2) is 199 Å².